The molecule has 0 unspecified atom stereocenters. The van der Waals surface area contributed by atoms with E-state index in [4.69, 9.17) is 61.7 Å². The van der Waals surface area contributed by atoms with Crippen molar-refractivity contribution in [2.45, 2.75) is 0 Å². The molecular weight excluding hydrogens is 460 g/mol. The largest absolute Gasteiger partial charge is 1.00 e. The van der Waals surface area contributed by atoms with Crippen molar-refractivity contribution in [2.75, 3.05) is 0 Å². The fraction of sp³-hybridized carbons (Fsp3) is 0. The van der Waals surface area contributed by atoms with Gasteiger partial charge >= 0.3 is 22.4 Å². The van der Waals surface area contributed by atoms with E-state index in [0.29, 0.717) is 20.6 Å². The molecule has 0 aliphatic carbocycles. The van der Waals surface area contributed by atoms with Gasteiger partial charge in [-0.25, -0.2) is 9.97 Å². The van der Waals surface area contributed by atoms with Gasteiger partial charge in [-0.05, 0) is 24.3 Å². The molecule has 6 nitrogen and oxygen atoms in total. The van der Waals surface area contributed by atoms with Crippen LogP contribution in [0.25, 0.3) is 0 Å². The molecule has 21 heavy (non-hydrogen) atoms. The summed E-state index contributed by atoms with van der Waals surface area (Å²) in [5.74, 6) is 0. The Labute approximate surface area is 155 Å². The first-order valence-electron chi connectivity index (χ1n) is 4.69. The van der Waals surface area contributed by atoms with Crippen LogP contribution in [0.3, 0.4) is 0 Å². The number of hydrogen-bond donors (Lipinski definition) is 0. The van der Waals surface area contributed by atoms with E-state index in [-0.39, 0.29) is 22.4 Å². The van der Waals surface area contributed by atoms with Crippen LogP contribution in [0.1, 0.15) is 0 Å². The van der Waals surface area contributed by atoms with Gasteiger partial charge in [0.2, 0.25) is 0 Å². The van der Waals surface area contributed by atoms with Crippen molar-refractivity contribution >= 4 is 46.4 Å². The molecule has 0 N–H and O–H groups in total. The molecule has 0 aliphatic rings. The molecule has 2 aromatic rings. The Bertz CT molecular complexity index is 481. The van der Waals surface area contributed by atoms with Crippen LogP contribution >= 0.6 is 46.4 Å². The molecule has 2 aromatic heterocycles. The van der Waals surface area contributed by atoms with Crippen LogP contribution < -0.4 is 0 Å². The zero-order valence-corrected chi connectivity index (χ0v) is 14.3. The van der Waals surface area contributed by atoms with Crippen LogP contribution in [0, 0.1) is 15.3 Å². The second-order valence-corrected chi connectivity index (χ2v) is 4.34. The summed E-state index contributed by atoms with van der Waals surface area (Å²) < 4.78 is 0. The zero-order valence-electron chi connectivity index (χ0n) is 9.84. The summed E-state index contributed by atoms with van der Waals surface area (Å²) in [6, 6.07) is 10.2. The maximum Gasteiger partial charge on any atom is 1.00 e. The summed E-state index contributed by atoms with van der Waals surface area (Å²) in [4.78, 5) is 15.7. The van der Waals surface area contributed by atoms with Crippen molar-refractivity contribution in [2.24, 2.45) is 0 Å². The molecule has 0 saturated carbocycles. The van der Waals surface area contributed by atoms with Gasteiger partial charge in [0.05, 0.1) is 5.09 Å². The molecular formula is C10H6AgCl4N3O3. The average molecular weight is 466 g/mol. The van der Waals surface area contributed by atoms with Crippen molar-refractivity contribution < 1.29 is 27.5 Å². The van der Waals surface area contributed by atoms with E-state index < -0.39 is 5.09 Å². The molecule has 0 atom stereocenters. The molecule has 0 bridgehead atoms. The fourth-order valence-corrected chi connectivity index (χ4v) is 1.51. The quantitative estimate of drug-likeness (QED) is 0.246. The number of hydrogen-bond acceptors (Lipinski definition) is 5. The van der Waals surface area contributed by atoms with Crippen LogP contribution in [0.4, 0.5) is 0 Å². The molecule has 0 spiro atoms. The number of halogens is 4. The molecule has 2 heterocycles. The van der Waals surface area contributed by atoms with E-state index in [0.717, 1.165) is 0 Å². The van der Waals surface area contributed by atoms with Crippen molar-refractivity contribution in [3.8, 4) is 0 Å². The Hall–Kier alpha value is -0.600. The minimum atomic E-state index is -1.75. The van der Waals surface area contributed by atoms with Gasteiger partial charge in [-0.15, -0.1) is 0 Å². The topological polar surface area (TPSA) is 92.0 Å². The van der Waals surface area contributed by atoms with Crippen LogP contribution in [-0.4, -0.2) is 15.1 Å². The maximum absolute atomic E-state index is 8.25. The minimum Gasteiger partial charge on any atom is -0.356 e. The van der Waals surface area contributed by atoms with Gasteiger partial charge in [-0.1, -0.05) is 58.5 Å². The molecule has 0 aliphatic heterocycles. The summed E-state index contributed by atoms with van der Waals surface area (Å²) in [7, 11) is 0. The number of rotatable bonds is 0. The number of aromatic nitrogens is 2. The second-order valence-electron chi connectivity index (χ2n) is 2.79. The molecule has 118 valence electrons. The monoisotopic (exact) mass is 463 g/mol. The molecule has 0 amide bonds. The van der Waals surface area contributed by atoms with Crippen molar-refractivity contribution in [1.29, 1.82) is 0 Å². The van der Waals surface area contributed by atoms with E-state index in [1.54, 1.807) is 36.4 Å². The molecule has 2 rings (SSSR count). The number of nitrogens with zero attached hydrogens (tertiary/aromatic N) is 3. The number of pyridine rings is 2. The van der Waals surface area contributed by atoms with Crippen LogP contribution in [0.2, 0.25) is 20.6 Å². The summed E-state index contributed by atoms with van der Waals surface area (Å²) >= 11 is 21.8. The summed E-state index contributed by atoms with van der Waals surface area (Å²) in [5.41, 5.74) is 0. The third-order valence-corrected chi connectivity index (χ3v) is 2.20. The van der Waals surface area contributed by atoms with Crippen LogP contribution in [-0.2, 0) is 22.4 Å². The maximum atomic E-state index is 8.25. The third kappa shape index (κ3) is 15.6. The Morgan fingerprint density at radius 2 is 0.952 bits per heavy atom. The van der Waals surface area contributed by atoms with Crippen molar-refractivity contribution in [3.05, 3.63) is 72.3 Å². The standard InChI is InChI=1S/2C5H3Cl2N.Ag.NO3/c2*6-4-2-1-3-5(7)8-4;;2-1(3)4/h2*1-3H;;/q;;+1;-1. The normalized spacial score (nSPS) is 8.19. The van der Waals surface area contributed by atoms with E-state index >= 15 is 0 Å². The zero-order chi connectivity index (χ0) is 15.5. The Morgan fingerprint density at radius 3 is 1.05 bits per heavy atom. The van der Waals surface area contributed by atoms with Gasteiger partial charge in [-0.3, -0.25) is 0 Å². The fourth-order valence-electron chi connectivity index (χ4n) is 0.767. The molecule has 0 fully saturated rings. The summed E-state index contributed by atoms with van der Waals surface area (Å²) in [6.07, 6.45) is 0. The van der Waals surface area contributed by atoms with Gasteiger partial charge in [0.25, 0.3) is 0 Å². The SMILES string of the molecule is Clc1cccc(Cl)n1.Clc1cccc(Cl)n1.O=[N+]([O-])[O-].[Ag+]. The van der Waals surface area contributed by atoms with Gasteiger partial charge in [0.15, 0.2) is 0 Å². The van der Waals surface area contributed by atoms with Gasteiger partial charge < -0.3 is 15.3 Å². The molecule has 0 saturated heterocycles. The van der Waals surface area contributed by atoms with E-state index in [9.17, 15) is 0 Å². The second kappa shape index (κ2) is 13.1. The van der Waals surface area contributed by atoms with Crippen LogP contribution in [0.15, 0.2) is 36.4 Å². The van der Waals surface area contributed by atoms with E-state index in [1.165, 1.54) is 0 Å². The Kier molecular flexibility index (Phi) is 14.1. The first-order chi connectivity index (χ1) is 9.31. The predicted octanol–water partition coefficient (Wildman–Crippen LogP) is 4.54. The minimum absolute atomic E-state index is 0. The predicted molar refractivity (Wildman–Crippen MR) is 78.9 cm³/mol. The van der Waals surface area contributed by atoms with Crippen molar-refractivity contribution in [1.82, 2.24) is 9.97 Å². The van der Waals surface area contributed by atoms with Crippen LogP contribution in [0.5, 0.6) is 0 Å². The smallest absolute Gasteiger partial charge is 0.356 e. The molecule has 0 aromatic carbocycles. The Morgan fingerprint density at radius 1 is 0.762 bits per heavy atom. The van der Waals surface area contributed by atoms with Crippen molar-refractivity contribution in [3.63, 3.8) is 0 Å². The first kappa shape index (κ1) is 22.7. The Balaban J connectivity index is 0. The summed E-state index contributed by atoms with van der Waals surface area (Å²) in [5, 5.41) is 16.5. The summed E-state index contributed by atoms with van der Waals surface area (Å²) in [6.45, 7) is 0. The third-order valence-electron chi connectivity index (χ3n) is 1.36. The van der Waals surface area contributed by atoms with E-state index in [1.807, 2.05) is 0 Å². The average Bonchev–Trinajstić information content (AvgIpc) is 2.28. The van der Waals surface area contributed by atoms with Gasteiger partial charge in [0.1, 0.15) is 20.6 Å². The molecule has 0 radical (unpaired) electrons. The molecule has 11 heteroatoms. The van der Waals surface area contributed by atoms with Gasteiger partial charge in [-0.2, -0.15) is 0 Å². The van der Waals surface area contributed by atoms with Gasteiger partial charge in [0, 0.05) is 0 Å². The first-order valence-corrected chi connectivity index (χ1v) is 6.20. The van der Waals surface area contributed by atoms with E-state index in [2.05, 4.69) is 9.97 Å².